The third-order valence-electron chi connectivity index (χ3n) is 2.59. The van der Waals surface area contributed by atoms with Gasteiger partial charge in [0.1, 0.15) is 10.8 Å². The molecule has 0 saturated heterocycles. The Morgan fingerprint density at radius 3 is 2.90 bits per heavy atom. The number of benzene rings is 1. The fourth-order valence-electron chi connectivity index (χ4n) is 1.58. The highest BCUT2D eigenvalue weighted by Gasteiger charge is 2.10. The number of para-hydroxylation sites is 1. The van der Waals surface area contributed by atoms with Gasteiger partial charge in [-0.3, -0.25) is 0 Å². The predicted octanol–water partition coefficient (Wildman–Crippen LogP) is 3.24. The average Bonchev–Trinajstić information content (AvgIpc) is 2.48. The van der Waals surface area contributed by atoms with Gasteiger partial charge in [-0.1, -0.05) is 36.7 Å². The van der Waals surface area contributed by atoms with Crippen LogP contribution >= 0.6 is 11.6 Å². The van der Waals surface area contributed by atoms with Crippen molar-refractivity contribution in [3.05, 3.63) is 41.0 Å². The van der Waals surface area contributed by atoms with Crippen molar-refractivity contribution < 1.29 is 9.84 Å². The Morgan fingerprint density at radius 1 is 1.35 bits per heavy atom. The first-order valence-corrected chi connectivity index (χ1v) is 6.75. The zero-order valence-corrected chi connectivity index (χ0v) is 11.9. The lowest BCUT2D eigenvalue weighted by Crippen LogP contribution is -2.05. The normalized spacial score (nSPS) is 10.3. The summed E-state index contributed by atoms with van der Waals surface area (Å²) in [4.78, 5) is 8.30. The molecule has 2 rings (SSSR count). The molecule has 0 amide bonds. The van der Waals surface area contributed by atoms with E-state index in [-0.39, 0.29) is 12.5 Å². The molecule has 0 spiro atoms. The van der Waals surface area contributed by atoms with E-state index in [9.17, 15) is 5.11 Å². The van der Waals surface area contributed by atoms with Crippen LogP contribution in [0.25, 0.3) is 0 Å². The molecule has 0 unspecified atom stereocenters. The van der Waals surface area contributed by atoms with Crippen molar-refractivity contribution in [1.29, 1.82) is 0 Å². The number of nitrogens with zero attached hydrogens (tertiary/aromatic N) is 2. The minimum absolute atomic E-state index is 0.111. The zero-order valence-electron chi connectivity index (χ0n) is 11.1. The van der Waals surface area contributed by atoms with Gasteiger partial charge in [0, 0.05) is 12.1 Å². The molecule has 2 N–H and O–H groups in total. The van der Waals surface area contributed by atoms with Gasteiger partial charge >= 0.3 is 0 Å². The Hall–Kier alpha value is -1.85. The van der Waals surface area contributed by atoms with Gasteiger partial charge in [0.2, 0.25) is 11.8 Å². The lowest BCUT2D eigenvalue weighted by molar-refractivity contribution is 0.276. The molecule has 0 bridgehead atoms. The average molecular weight is 294 g/mol. The molecule has 0 aliphatic rings. The zero-order chi connectivity index (χ0) is 14.4. The Kier molecular flexibility index (Phi) is 5.15. The Balaban J connectivity index is 2.23. The minimum atomic E-state index is -0.111. The summed E-state index contributed by atoms with van der Waals surface area (Å²) in [7, 11) is 0. The second-order valence-electron chi connectivity index (χ2n) is 4.14. The monoisotopic (exact) mass is 293 g/mol. The maximum atomic E-state index is 9.28. The topological polar surface area (TPSA) is 67.3 Å². The van der Waals surface area contributed by atoms with Gasteiger partial charge in [0.15, 0.2) is 0 Å². The first kappa shape index (κ1) is 14.6. The van der Waals surface area contributed by atoms with Crippen LogP contribution in [0.5, 0.6) is 11.6 Å². The summed E-state index contributed by atoms with van der Waals surface area (Å²) in [6.07, 6.45) is 2.46. The van der Waals surface area contributed by atoms with Crippen molar-refractivity contribution >= 4 is 17.5 Å². The van der Waals surface area contributed by atoms with E-state index in [0.29, 0.717) is 22.3 Å². The molecule has 6 heteroatoms. The van der Waals surface area contributed by atoms with Gasteiger partial charge < -0.3 is 15.2 Å². The lowest BCUT2D eigenvalue weighted by Gasteiger charge is -2.11. The molecule has 1 heterocycles. The van der Waals surface area contributed by atoms with Gasteiger partial charge in [-0.15, -0.1) is 0 Å². The van der Waals surface area contributed by atoms with Crippen molar-refractivity contribution in [3.8, 4) is 11.6 Å². The molecule has 0 atom stereocenters. The van der Waals surface area contributed by atoms with Crippen LogP contribution in [0.4, 0.5) is 5.95 Å². The third-order valence-corrected chi connectivity index (χ3v) is 2.85. The fraction of sp³-hybridized carbons (Fsp3) is 0.286. The summed E-state index contributed by atoms with van der Waals surface area (Å²) in [5.74, 6) is 1.26. The number of nitrogens with one attached hydrogen (secondary N) is 1. The molecule has 20 heavy (non-hydrogen) atoms. The van der Waals surface area contributed by atoms with Crippen LogP contribution < -0.4 is 10.1 Å². The number of aromatic nitrogens is 2. The van der Waals surface area contributed by atoms with Crippen molar-refractivity contribution in [2.45, 2.75) is 20.0 Å². The summed E-state index contributed by atoms with van der Waals surface area (Å²) in [6.45, 7) is 2.71. The molecular weight excluding hydrogens is 278 g/mol. The number of hydrogen-bond donors (Lipinski definition) is 2. The van der Waals surface area contributed by atoms with Crippen LogP contribution in [0, 0.1) is 0 Å². The standard InChI is InChI=1S/C14H16ClN3O2/c1-2-7-16-14-17-8-11(15)13(18-14)20-12-6-4-3-5-10(12)9-19/h3-6,8,19H,2,7,9H2,1H3,(H,16,17,18). The minimum Gasteiger partial charge on any atom is -0.437 e. The quantitative estimate of drug-likeness (QED) is 0.856. The van der Waals surface area contributed by atoms with Crippen molar-refractivity contribution in [1.82, 2.24) is 9.97 Å². The fourth-order valence-corrected chi connectivity index (χ4v) is 1.71. The molecule has 1 aromatic carbocycles. The van der Waals surface area contributed by atoms with Crippen LogP contribution in [0.3, 0.4) is 0 Å². The van der Waals surface area contributed by atoms with Crippen molar-refractivity contribution in [2.24, 2.45) is 0 Å². The molecule has 2 aromatic rings. The first-order chi connectivity index (χ1) is 9.74. The Morgan fingerprint density at radius 2 is 2.15 bits per heavy atom. The summed E-state index contributed by atoms with van der Waals surface area (Å²) >= 11 is 6.04. The first-order valence-electron chi connectivity index (χ1n) is 6.37. The number of aliphatic hydroxyl groups is 1. The molecule has 0 aliphatic carbocycles. The number of ether oxygens (including phenoxy) is 1. The van der Waals surface area contributed by atoms with E-state index in [1.54, 1.807) is 12.1 Å². The Labute approximate surface area is 122 Å². The number of halogens is 1. The molecule has 0 radical (unpaired) electrons. The largest absolute Gasteiger partial charge is 0.437 e. The Bertz CT molecular complexity index is 578. The van der Waals surface area contributed by atoms with Crippen molar-refractivity contribution in [3.63, 3.8) is 0 Å². The summed E-state index contributed by atoms with van der Waals surface area (Å²) in [6, 6.07) is 7.18. The van der Waals surface area contributed by atoms with Crippen LogP contribution in [0.2, 0.25) is 5.02 Å². The number of hydrogen-bond acceptors (Lipinski definition) is 5. The van der Waals surface area contributed by atoms with Crippen molar-refractivity contribution in [2.75, 3.05) is 11.9 Å². The van der Waals surface area contributed by atoms with E-state index >= 15 is 0 Å². The molecule has 5 nitrogen and oxygen atoms in total. The SMILES string of the molecule is CCCNc1ncc(Cl)c(Oc2ccccc2CO)n1. The van der Waals surface area contributed by atoms with E-state index in [0.717, 1.165) is 13.0 Å². The molecule has 0 aliphatic heterocycles. The maximum absolute atomic E-state index is 9.28. The molecule has 1 aromatic heterocycles. The van der Waals surface area contributed by atoms with E-state index in [4.69, 9.17) is 16.3 Å². The van der Waals surface area contributed by atoms with Gasteiger partial charge in [-0.05, 0) is 12.5 Å². The van der Waals surface area contributed by atoms with Gasteiger partial charge in [-0.25, -0.2) is 4.98 Å². The highest BCUT2D eigenvalue weighted by molar-refractivity contribution is 6.31. The van der Waals surface area contributed by atoms with Gasteiger partial charge in [-0.2, -0.15) is 4.98 Å². The predicted molar refractivity (Wildman–Crippen MR) is 78.3 cm³/mol. The maximum Gasteiger partial charge on any atom is 0.243 e. The molecular formula is C14H16ClN3O2. The molecule has 0 saturated carbocycles. The molecule has 106 valence electrons. The van der Waals surface area contributed by atoms with Crippen LogP contribution in [0.15, 0.2) is 30.5 Å². The highest BCUT2D eigenvalue weighted by atomic mass is 35.5. The molecule has 0 fully saturated rings. The van der Waals surface area contributed by atoms with Gasteiger partial charge in [0.25, 0.3) is 0 Å². The second kappa shape index (κ2) is 7.07. The summed E-state index contributed by atoms with van der Waals surface area (Å²) < 4.78 is 5.67. The smallest absolute Gasteiger partial charge is 0.243 e. The third kappa shape index (κ3) is 3.59. The van der Waals surface area contributed by atoms with Crippen LogP contribution in [-0.2, 0) is 6.61 Å². The lowest BCUT2D eigenvalue weighted by atomic mass is 10.2. The summed E-state index contributed by atoms with van der Waals surface area (Å²) in [5, 5.41) is 12.7. The van der Waals surface area contributed by atoms with Crippen LogP contribution in [-0.4, -0.2) is 21.6 Å². The second-order valence-corrected chi connectivity index (χ2v) is 4.55. The number of rotatable bonds is 6. The highest BCUT2D eigenvalue weighted by Crippen LogP contribution is 2.29. The number of anilines is 1. The van der Waals surface area contributed by atoms with Gasteiger partial charge in [0.05, 0.1) is 12.8 Å². The van der Waals surface area contributed by atoms with E-state index in [1.165, 1.54) is 6.20 Å². The van der Waals surface area contributed by atoms with E-state index < -0.39 is 0 Å². The number of aliphatic hydroxyl groups excluding tert-OH is 1. The van der Waals surface area contributed by atoms with E-state index in [2.05, 4.69) is 22.2 Å². The van der Waals surface area contributed by atoms with Crippen LogP contribution in [0.1, 0.15) is 18.9 Å². The van der Waals surface area contributed by atoms with E-state index in [1.807, 2.05) is 12.1 Å². The summed E-state index contributed by atoms with van der Waals surface area (Å²) in [5.41, 5.74) is 0.672.